The molecule has 0 unspecified atom stereocenters. The van der Waals surface area contributed by atoms with Crippen molar-refractivity contribution in [2.75, 3.05) is 0 Å². The van der Waals surface area contributed by atoms with Gasteiger partial charge < -0.3 is 4.57 Å². The molecule has 1 heterocycles. The fraction of sp³-hybridized carbons (Fsp3) is 0.462. The van der Waals surface area contributed by atoms with Crippen molar-refractivity contribution in [3.8, 4) is 0 Å². The largest absolute Gasteiger partial charge is 0.322 e. The van der Waals surface area contributed by atoms with E-state index >= 15 is 0 Å². The summed E-state index contributed by atoms with van der Waals surface area (Å²) in [7, 11) is 0. The van der Waals surface area contributed by atoms with Gasteiger partial charge in [0.05, 0.1) is 16.9 Å². The summed E-state index contributed by atoms with van der Waals surface area (Å²) in [5.41, 5.74) is 2.11. The second kappa shape index (κ2) is 3.98. The Kier molecular flexibility index (Phi) is 2.90. The van der Waals surface area contributed by atoms with Gasteiger partial charge in [0.25, 0.3) is 0 Å². The number of aromatic nitrogens is 2. The van der Waals surface area contributed by atoms with Crippen molar-refractivity contribution in [3.05, 3.63) is 29.3 Å². The molecule has 0 aliphatic heterocycles. The maximum Gasteiger partial charge on any atom is 0.128 e. The van der Waals surface area contributed by atoms with Crippen molar-refractivity contribution >= 4 is 22.6 Å². The number of rotatable bonds is 1. The van der Waals surface area contributed by atoms with Gasteiger partial charge in [-0.3, -0.25) is 0 Å². The van der Waals surface area contributed by atoms with E-state index in [2.05, 4.69) is 30.3 Å². The molecule has 0 radical (unpaired) electrons. The molecule has 0 saturated carbocycles. The van der Waals surface area contributed by atoms with Gasteiger partial charge in [-0.25, -0.2) is 9.37 Å². The van der Waals surface area contributed by atoms with E-state index < -0.39 is 0 Å². The molecule has 17 heavy (non-hydrogen) atoms. The molecule has 92 valence electrons. The first-order valence-corrected chi connectivity index (χ1v) is 6.12. The maximum absolute atomic E-state index is 13.5. The number of benzene rings is 1. The van der Waals surface area contributed by atoms with Crippen molar-refractivity contribution in [2.45, 2.75) is 39.1 Å². The quantitative estimate of drug-likeness (QED) is 0.704. The summed E-state index contributed by atoms with van der Waals surface area (Å²) in [6.07, 6.45) is 0. The molecule has 4 heteroatoms. The Morgan fingerprint density at radius 2 is 2.00 bits per heavy atom. The van der Waals surface area contributed by atoms with Crippen LogP contribution in [0, 0.1) is 12.7 Å². The van der Waals surface area contributed by atoms with Crippen molar-refractivity contribution < 1.29 is 4.39 Å². The standard InChI is InChI=1S/C13H16ClFN2/c1-8-5-11-10(6-9(8)15)16-12(7-14)17(11)13(2,3)4/h5-6H,7H2,1-4H3. The van der Waals surface area contributed by atoms with Crippen LogP contribution in [-0.4, -0.2) is 9.55 Å². The number of halogens is 2. The average molecular weight is 255 g/mol. The summed E-state index contributed by atoms with van der Waals surface area (Å²) < 4.78 is 15.6. The van der Waals surface area contributed by atoms with Crippen LogP contribution in [0.2, 0.25) is 0 Å². The second-order valence-electron chi connectivity index (χ2n) is 5.26. The zero-order valence-electron chi connectivity index (χ0n) is 10.5. The van der Waals surface area contributed by atoms with Crippen molar-refractivity contribution in [2.24, 2.45) is 0 Å². The summed E-state index contributed by atoms with van der Waals surface area (Å²) in [5.74, 6) is 0.878. The molecule has 2 nitrogen and oxygen atoms in total. The van der Waals surface area contributed by atoms with E-state index in [0.29, 0.717) is 17.0 Å². The minimum absolute atomic E-state index is 0.122. The minimum Gasteiger partial charge on any atom is -0.322 e. The molecule has 0 bridgehead atoms. The summed E-state index contributed by atoms with van der Waals surface area (Å²) in [6.45, 7) is 8.02. The Hall–Kier alpha value is -1.09. The van der Waals surface area contributed by atoms with Gasteiger partial charge in [0, 0.05) is 11.6 Å². The lowest BCUT2D eigenvalue weighted by Gasteiger charge is -2.24. The molecular weight excluding hydrogens is 239 g/mol. The van der Waals surface area contributed by atoms with Gasteiger partial charge in [0.1, 0.15) is 11.6 Å². The Labute approximate surface area is 105 Å². The van der Waals surface area contributed by atoms with Crippen molar-refractivity contribution in [1.29, 1.82) is 0 Å². The maximum atomic E-state index is 13.5. The van der Waals surface area contributed by atoms with Crippen LogP contribution < -0.4 is 0 Å². The SMILES string of the molecule is Cc1cc2c(cc1F)nc(CCl)n2C(C)(C)C. The molecule has 0 spiro atoms. The third kappa shape index (κ3) is 2.04. The van der Waals surface area contributed by atoms with Crippen LogP contribution in [-0.2, 0) is 11.4 Å². The van der Waals surface area contributed by atoms with E-state index in [1.165, 1.54) is 6.07 Å². The summed E-state index contributed by atoms with van der Waals surface area (Å²) >= 11 is 5.91. The van der Waals surface area contributed by atoms with Gasteiger partial charge in [0.2, 0.25) is 0 Å². The Bertz CT molecular complexity index is 567. The van der Waals surface area contributed by atoms with Crippen LogP contribution in [0.25, 0.3) is 11.0 Å². The fourth-order valence-electron chi connectivity index (χ4n) is 2.09. The van der Waals surface area contributed by atoms with E-state index in [1.807, 2.05) is 6.07 Å². The Balaban J connectivity index is 2.84. The summed E-state index contributed by atoms with van der Waals surface area (Å²) in [4.78, 5) is 4.39. The molecule has 0 aliphatic rings. The molecule has 0 amide bonds. The molecule has 0 atom stereocenters. The number of alkyl halides is 1. The lowest BCUT2D eigenvalue weighted by molar-refractivity contribution is 0.398. The van der Waals surface area contributed by atoms with Crippen LogP contribution in [0.4, 0.5) is 4.39 Å². The van der Waals surface area contributed by atoms with E-state index in [4.69, 9.17) is 11.6 Å². The minimum atomic E-state index is -0.225. The molecule has 0 N–H and O–H groups in total. The number of nitrogens with zero attached hydrogens (tertiary/aromatic N) is 2. The predicted molar refractivity (Wildman–Crippen MR) is 69.0 cm³/mol. The number of fused-ring (bicyclic) bond motifs is 1. The Morgan fingerprint density at radius 1 is 1.35 bits per heavy atom. The van der Waals surface area contributed by atoms with Crippen LogP contribution in [0.15, 0.2) is 12.1 Å². The molecule has 0 fully saturated rings. The Morgan fingerprint density at radius 3 is 2.53 bits per heavy atom. The van der Waals surface area contributed by atoms with E-state index in [9.17, 15) is 4.39 Å². The van der Waals surface area contributed by atoms with E-state index in [1.54, 1.807) is 6.92 Å². The van der Waals surface area contributed by atoms with E-state index in [-0.39, 0.29) is 11.4 Å². The number of imidazole rings is 1. The summed E-state index contributed by atoms with van der Waals surface area (Å²) in [6, 6.07) is 3.31. The highest BCUT2D eigenvalue weighted by Gasteiger charge is 2.21. The molecule has 1 aromatic carbocycles. The van der Waals surface area contributed by atoms with Crippen molar-refractivity contribution in [1.82, 2.24) is 9.55 Å². The number of hydrogen-bond acceptors (Lipinski definition) is 1. The number of aryl methyl sites for hydroxylation is 1. The number of hydrogen-bond donors (Lipinski definition) is 0. The third-order valence-electron chi connectivity index (χ3n) is 2.79. The van der Waals surface area contributed by atoms with Gasteiger partial charge in [0.15, 0.2) is 0 Å². The van der Waals surface area contributed by atoms with Crippen LogP contribution in [0.1, 0.15) is 32.2 Å². The van der Waals surface area contributed by atoms with Crippen molar-refractivity contribution in [3.63, 3.8) is 0 Å². The normalized spacial score (nSPS) is 12.4. The lowest BCUT2D eigenvalue weighted by Crippen LogP contribution is -2.23. The van der Waals surface area contributed by atoms with Crippen LogP contribution in [0.5, 0.6) is 0 Å². The first kappa shape index (κ1) is 12.4. The van der Waals surface area contributed by atoms with Gasteiger partial charge in [-0.2, -0.15) is 0 Å². The van der Waals surface area contributed by atoms with Crippen LogP contribution in [0.3, 0.4) is 0 Å². The fourth-order valence-corrected chi connectivity index (χ4v) is 2.27. The molecule has 0 aliphatic carbocycles. The molecule has 2 aromatic rings. The second-order valence-corrected chi connectivity index (χ2v) is 5.53. The molecule has 2 rings (SSSR count). The molecule has 1 aromatic heterocycles. The molecular formula is C13H16ClFN2. The first-order valence-electron chi connectivity index (χ1n) is 5.58. The topological polar surface area (TPSA) is 17.8 Å². The molecule has 0 saturated heterocycles. The van der Waals surface area contributed by atoms with Crippen LogP contribution >= 0.6 is 11.6 Å². The zero-order valence-corrected chi connectivity index (χ0v) is 11.3. The monoisotopic (exact) mass is 254 g/mol. The highest BCUT2D eigenvalue weighted by atomic mass is 35.5. The zero-order chi connectivity index (χ0) is 12.8. The first-order chi connectivity index (χ1) is 7.84. The van der Waals surface area contributed by atoms with Gasteiger partial charge in [-0.1, -0.05) is 0 Å². The predicted octanol–water partition coefficient (Wildman–Crippen LogP) is 3.98. The highest BCUT2D eigenvalue weighted by Crippen LogP contribution is 2.27. The lowest BCUT2D eigenvalue weighted by atomic mass is 10.1. The highest BCUT2D eigenvalue weighted by molar-refractivity contribution is 6.16. The van der Waals surface area contributed by atoms with Gasteiger partial charge >= 0.3 is 0 Å². The third-order valence-corrected chi connectivity index (χ3v) is 3.03. The van der Waals surface area contributed by atoms with Gasteiger partial charge in [-0.05, 0) is 39.3 Å². The smallest absolute Gasteiger partial charge is 0.128 e. The average Bonchev–Trinajstić information content (AvgIpc) is 2.56. The van der Waals surface area contributed by atoms with E-state index in [0.717, 1.165) is 11.3 Å². The summed E-state index contributed by atoms with van der Waals surface area (Å²) in [5, 5.41) is 0. The van der Waals surface area contributed by atoms with Gasteiger partial charge in [-0.15, -0.1) is 11.6 Å².